The number of likely N-dealkylation sites (N-methyl/N-ethyl adjacent to an activating group) is 1. The number of nitrogens with zero attached hydrogens (tertiary/aromatic N) is 3. The second-order valence-corrected chi connectivity index (χ2v) is 7.59. The van der Waals surface area contributed by atoms with Crippen LogP contribution in [0.2, 0.25) is 0 Å². The predicted molar refractivity (Wildman–Crippen MR) is 105 cm³/mol. The highest BCUT2D eigenvalue weighted by atomic mass is 16.5. The molecule has 3 aliphatic rings. The number of hydrogen-bond acceptors (Lipinski definition) is 5. The molecule has 2 saturated heterocycles. The van der Waals surface area contributed by atoms with Crippen molar-refractivity contribution in [2.24, 2.45) is 0 Å². The van der Waals surface area contributed by atoms with Gasteiger partial charge >= 0.3 is 0 Å². The van der Waals surface area contributed by atoms with Crippen molar-refractivity contribution in [2.45, 2.75) is 24.7 Å². The Kier molecular flexibility index (Phi) is 3.75. The van der Waals surface area contributed by atoms with Crippen molar-refractivity contribution < 1.29 is 9.53 Å². The predicted octanol–water partition coefficient (Wildman–Crippen LogP) is 2.55. The Hall–Kier alpha value is -2.73. The minimum atomic E-state index is -0.446. The normalized spacial score (nSPS) is 24.0. The van der Waals surface area contributed by atoms with Gasteiger partial charge in [0, 0.05) is 25.8 Å². The Morgan fingerprint density at radius 2 is 1.74 bits per heavy atom. The molecule has 1 amide bonds. The zero-order valence-corrected chi connectivity index (χ0v) is 15.5. The smallest absolute Gasteiger partial charge is 0.249 e. The number of amides is 1. The molecule has 0 aromatic heterocycles. The highest BCUT2D eigenvalue weighted by Gasteiger charge is 2.53. The van der Waals surface area contributed by atoms with E-state index in [1.807, 2.05) is 54.4 Å². The monoisotopic (exact) mass is 364 g/mol. The van der Waals surface area contributed by atoms with Gasteiger partial charge in [0.05, 0.1) is 12.4 Å². The number of ether oxygens (including phenoxy) is 1. The standard InChI is InChI=1S/C21H24N4O2/c1-23-15-25(16-7-3-2-4-8-16)21(19(23)26)11-13-24(14-12-21)20-22-17-9-5-6-10-18(17)27-20/h2-10,20,22H,11-15H2,1H3/t20-/m1/s1. The van der Waals surface area contributed by atoms with Crippen LogP contribution in [0.3, 0.4) is 0 Å². The molecule has 27 heavy (non-hydrogen) atoms. The minimum absolute atomic E-state index is 0.154. The molecule has 0 unspecified atom stereocenters. The molecular formula is C21H24N4O2. The highest BCUT2D eigenvalue weighted by Crippen LogP contribution is 2.40. The summed E-state index contributed by atoms with van der Waals surface area (Å²) in [4.78, 5) is 19.5. The molecule has 140 valence electrons. The van der Waals surface area contributed by atoms with Crippen LogP contribution in [-0.4, -0.2) is 54.4 Å². The van der Waals surface area contributed by atoms with Crippen molar-refractivity contribution in [1.82, 2.24) is 9.80 Å². The lowest BCUT2D eigenvalue weighted by molar-refractivity contribution is -0.133. The van der Waals surface area contributed by atoms with Gasteiger partial charge in [0.2, 0.25) is 12.3 Å². The molecule has 0 radical (unpaired) electrons. The Morgan fingerprint density at radius 1 is 1.04 bits per heavy atom. The average molecular weight is 364 g/mol. The van der Waals surface area contributed by atoms with E-state index in [4.69, 9.17) is 4.74 Å². The van der Waals surface area contributed by atoms with Crippen LogP contribution in [0, 0.1) is 0 Å². The fraction of sp³-hybridized carbons (Fsp3) is 0.381. The number of para-hydroxylation sites is 3. The number of nitrogens with one attached hydrogen (secondary N) is 1. The Labute approximate surface area is 159 Å². The summed E-state index contributed by atoms with van der Waals surface area (Å²) in [5, 5.41) is 3.44. The van der Waals surface area contributed by atoms with E-state index < -0.39 is 5.54 Å². The molecule has 5 rings (SSSR count). The Bertz CT molecular complexity index is 823. The van der Waals surface area contributed by atoms with Crippen LogP contribution >= 0.6 is 0 Å². The van der Waals surface area contributed by atoms with Gasteiger partial charge in [-0.15, -0.1) is 0 Å². The number of benzene rings is 2. The van der Waals surface area contributed by atoms with E-state index >= 15 is 0 Å². The van der Waals surface area contributed by atoms with Crippen molar-refractivity contribution in [1.29, 1.82) is 0 Å². The van der Waals surface area contributed by atoms with E-state index in [0.29, 0.717) is 6.67 Å². The molecule has 1 spiro atoms. The first-order chi connectivity index (χ1) is 13.2. The van der Waals surface area contributed by atoms with Gasteiger partial charge in [-0.2, -0.15) is 0 Å². The zero-order chi connectivity index (χ0) is 18.4. The number of carbonyl (C=O) groups is 1. The summed E-state index contributed by atoms with van der Waals surface area (Å²) >= 11 is 0. The maximum atomic E-state index is 13.1. The molecule has 3 aliphatic heterocycles. The summed E-state index contributed by atoms with van der Waals surface area (Å²) in [6.07, 6.45) is 1.44. The van der Waals surface area contributed by atoms with E-state index in [1.54, 1.807) is 0 Å². The van der Waals surface area contributed by atoms with Crippen LogP contribution in [0.1, 0.15) is 12.8 Å². The van der Waals surface area contributed by atoms with E-state index in [9.17, 15) is 4.79 Å². The van der Waals surface area contributed by atoms with Gasteiger partial charge in [0.25, 0.3) is 0 Å². The third-order valence-corrected chi connectivity index (χ3v) is 6.04. The van der Waals surface area contributed by atoms with Crippen LogP contribution in [-0.2, 0) is 4.79 Å². The van der Waals surface area contributed by atoms with Gasteiger partial charge in [-0.1, -0.05) is 30.3 Å². The fourth-order valence-corrected chi connectivity index (χ4v) is 4.57. The summed E-state index contributed by atoms with van der Waals surface area (Å²) in [6.45, 7) is 2.27. The van der Waals surface area contributed by atoms with Crippen molar-refractivity contribution in [3.63, 3.8) is 0 Å². The quantitative estimate of drug-likeness (QED) is 0.887. The molecule has 2 aromatic carbocycles. The SMILES string of the molecule is CN1CN(c2ccccc2)C2(CCN([C@H]3Nc4ccccc4O3)CC2)C1=O. The first-order valence-corrected chi connectivity index (χ1v) is 9.52. The van der Waals surface area contributed by atoms with Crippen LogP contribution in [0.5, 0.6) is 5.75 Å². The molecule has 1 atom stereocenters. The molecule has 0 aliphatic carbocycles. The molecule has 0 bridgehead atoms. The van der Waals surface area contributed by atoms with Crippen LogP contribution < -0.4 is 15.0 Å². The van der Waals surface area contributed by atoms with Crippen LogP contribution in [0.4, 0.5) is 11.4 Å². The molecule has 2 aromatic rings. The third kappa shape index (κ3) is 2.55. The van der Waals surface area contributed by atoms with Crippen LogP contribution in [0.25, 0.3) is 0 Å². The number of anilines is 2. The third-order valence-electron chi connectivity index (χ3n) is 6.04. The summed E-state index contributed by atoms with van der Waals surface area (Å²) in [5.41, 5.74) is 1.70. The number of hydrogen-bond donors (Lipinski definition) is 1. The van der Waals surface area contributed by atoms with E-state index in [1.165, 1.54) is 0 Å². The lowest BCUT2D eigenvalue weighted by atomic mass is 9.85. The Balaban J connectivity index is 1.34. The largest absolute Gasteiger partial charge is 0.455 e. The molecule has 3 heterocycles. The van der Waals surface area contributed by atoms with E-state index in [-0.39, 0.29) is 12.3 Å². The second-order valence-electron chi connectivity index (χ2n) is 7.59. The van der Waals surface area contributed by atoms with E-state index in [0.717, 1.165) is 43.1 Å². The van der Waals surface area contributed by atoms with Gasteiger partial charge in [0.15, 0.2) is 0 Å². The number of piperidine rings is 1. The first kappa shape index (κ1) is 16.4. The number of fused-ring (bicyclic) bond motifs is 1. The van der Waals surface area contributed by atoms with Gasteiger partial charge in [0.1, 0.15) is 11.3 Å². The zero-order valence-electron chi connectivity index (χ0n) is 15.5. The van der Waals surface area contributed by atoms with Crippen molar-refractivity contribution in [3.05, 3.63) is 54.6 Å². The molecule has 1 N–H and O–H groups in total. The molecule has 2 fully saturated rings. The summed E-state index contributed by atoms with van der Waals surface area (Å²) in [6, 6.07) is 18.3. The second kappa shape index (κ2) is 6.16. The molecule has 6 heteroatoms. The maximum Gasteiger partial charge on any atom is 0.249 e. The first-order valence-electron chi connectivity index (χ1n) is 9.52. The number of likely N-dealkylation sites (tertiary alicyclic amines) is 1. The maximum absolute atomic E-state index is 13.1. The van der Waals surface area contributed by atoms with Gasteiger partial charge in [-0.05, 0) is 37.1 Å². The minimum Gasteiger partial charge on any atom is -0.455 e. The lowest BCUT2D eigenvalue weighted by Gasteiger charge is -2.44. The van der Waals surface area contributed by atoms with Crippen molar-refractivity contribution in [2.75, 3.05) is 37.0 Å². The van der Waals surface area contributed by atoms with Crippen molar-refractivity contribution >= 4 is 17.3 Å². The summed E-state index contributed by atoms with van der Waals surface area (Å²) in [5.74, 6) is 1.12. The van der Waals surface area contributed by atoms with Crippen molar-refractivity contribution in [3.8, 4) is 5.75 Å². The number of carbonyl (C=O) groups excluding carboxylic acids is 1. The fourth-order valence-electron chi connectivity index (χ4n) is 4.57. The number of rotatable bonds is 2. The van der Waals surface area contributed by atoms with E-state index in [2.05, 4.69) is 27.2 Å². The average Bonchev–Trinajstić information content (AvgIpc) is 3.25. The summed E-state index contributed by atoms with van der Waals surface area (Å²) in [7, 11) is 1.90. The summed E-state index contributed by atoms with van der Waals surface area (Å²) < 4.78 is 6.06. The molecule has 6 nitrogen and oxygen atoms in total. The Morgan fingerprint density at radius 3 is 2.48 bits per heavy atom. The topological polar surface area (TPSA) is 48.0 Å². The highest BCUT2D eigenvalue weighted by molar-refractivity contribution is 5.93. The lowest BCUT2D eigenvalue weighted by Crippen LogP contribution is -2.59. The molecular weight excluding hydrogens is 340 g/mol. The molecule has 0 saturated carbocycles. The van der Waals surface area contributed by atoms with Gasteiger partial charge in [-0.3, -0.25) is 9.69 Å². The van der Waals surface area contributed by atoms with Gasteiger partial charge in [-0.25, -0.2) is 0 Å². The van der Waals surface area contributed by atoms with Crippen LogP contribution in [0.15, 0.2) is 54.6 Å². The van der Waals surface area contributed by atoms with Gasteiger partial charge < -0.3 is 19.9 Å².